The topological polar surface area (TPSA) is 108 Å². The fourth-order valence-electron chi connectivity index (χ4n) is 1.57. The van der Waals surface area contributed by atoms with E-state index in [-0.39, 0.29) is 34.3 Å². The molecule has 0 aromatic carbocycles. The minimum Gasteiger partial charge on any atom is -0.301 e. The minimum absolute atomic E-state index is 0.0105. The summed E-state index contributed by atoms with van der Waals surface area (Å²) in [5.41, 5.74) is 0.704. The largest absolute Gasteiger partial charge is 0.301 e. The molecule has 0 aromatic rings. The average Bonchev–Trinajstić information content (AvgIpc) is 2.77. The van der Waals surface area contributed by atoms with E-state index in [0.717, 1.165) is 0 Å². The molecule has 2 aliphatic heterocycles. The van der Waals surface area contributed by atoms with Gasteiger partial charge in [0.2, 0.25) is 22.1 Å². The molecule has 0 aliphatic carbocycles. The van der Waals surface area contributed by atoms with E-state index < -0.39 is 27.5 Å². The van der Waals surface area contributed by atoms with Gasteiger partial charge in [0.05, 0.1) is 0 Å². The van der Waals surface area contributed by atoms with Crippen LogP contribution in [0.25, 0.3) is 0 Å². The van der Waals surface area contributed by atoms with Gasteiger partial charge in [0.1, 0.15) is 33.1 Å². The molecule has 0 aromatic heterocycles. The number of hydrogen-bond acceptors (Lipinski definition) is 6. The molecule has 108 valence electrons. The van der Waals surface area contributed by atoms with E-state index in [0.29, 0.717) is 5.57 Å². The molecule has 10 heteroatoms. The first kappa shape index (κ1) is 14.7. The van der Waals surface area contributed by atoms with Crippen LogP contribution in [0.2, 0.25) is 0 Å². The van der Waals surface area contributed by atoms with Crippen LogP contribution in [0.1, 0.15) is 6.92 Å². The summed E-state index contributed by atoms with van der Waals surface area (Å²) in [4.78, 5) is 23.9. The quantitative estimate of drug-likeness (QED) is 0.513. The molecular weight excluding hydrogens is 304 g/mol. The van der Waals surface area contributed by atoms with E-state index in [9.17, 15) is 18.0 Å². The van der Waals surface area contributed by atoms with Crippen LogP contribution < -0.4 is 5.32 Å². The lowest BCUT2D eigenvalue weighted by molar-refractivity contribution is -0.123. The van der Waals surface area contributed by atoms with Gasteiger partial charge in [-0.3, -0.25) is 22.9 Å². The molecule has 0 spiro atoms. The van der Waals surface area contributed by atoms with Gasteiger partial charge in [0, 0.05) is 6.54 Å². The van der Waals surface area contributed by atoms with Gasteiger partial charge in [-0.15, -0.1) is 10.2 Å². The number of carbonyl (C=O) groups is 2. The van der Waals surface area contributed by atoms with Gasteiger partial charge in [-0.1, -0.05) is 12.2 Å². The monoisotopic (exact) mass is 316 g/mol. The standard InChI is InChI=1S/C10H12N4O4S2/c1-6(2)3-14-8(16)5-20(18)10(14)13-12-9-11-7(15)4-19(9)17/h1,3-5H2,2H3,(H,11,12,15). The predicted octanol–water partition coefficient (Wildman–Crippen LogP) is -1.34. The summed E-state index contributed by atoms with van der Waals surface area (Å²) in [6.07, 6.45) is 0. The van der Waals surface area contributed by atoms with Gasteiger partial charge in [0.25, 0.3) is 0 Å². The summed E-state index contributed by atoms with van der Waals surface area (Å²) in [5, 5.41) is 9.55. The van der Waals surface area contributed by atoms with E-state index >= 15 is 0 Å². The summed E-state index contributed by atoms with van der Waals surface area (Å²) >= 11 is 0. The lowest BCUT2D eigenvalue weighted by atomic mass is 10.3. The molecule has 0 radical (unpaired) electrons. The van der Waals surface area contributed by atoms with Crippen molar-refractivity contribution >= 4 is 43.7 Å². The van der Waals surface area contributed by atoms with Crippen molar-refractivity contribution in [1.29, 1.82) is 0 Å². The zero-order valence-corrected chi connectivity index (χ0v) is 12.3. The van der Waals surface area contributed by atoms with Crippen LogP contribution in [0, 0.1) is 0 Å². The zero-order valence-electron chi connectivity index (χ0n) is 10.6. The Labute approximate surface area is 119 Å². The normalized spacial score (nSPS) is 30.4. The SMILES string of the molecule is C=C(C)CN1C(=O)CS(=O)C1=NN=C1NC(=O)CS1=O. The Bertz CT molecular complexity index is 610. The first-order valence-corrected chi connectivity index (χ1v) is 8.19. The second-order valence-corrected chi connectivity index (χ2v) is 6.96. The van der Waals surface area contributed by atoms with Crippen molar-refractivity contribution in [3.05, 3.63) is 12.2 Å². The minimum atomic E-state index is -1.59. The molecule has 2 rings (SSSR count). The molecule has 2 fully saturated rings. The Morgan fingerprint density at radius 1 is 1.30 bits per heavy atom. The highest BCUT2D eigenvalue weighted by Crippen LogP contribution is 2.12. The van der Waals surface area contributed by atoms with Gasteiger partial charge in [-0.05, 0) is 6.92 Å². The van der Waals surface area contributed by atoms with E-state index in [4.69, 9.17) is 0 Å². The summed E-state index contributed by atoms with van der Waals surface area (Å²) in [6, 6.07) is 0. The molecule has 1 N–H and O–H groups in total. The van der Waals surface area contributed by atoms with Crippen LogP contribution in [0.5, 0.6) is 0 Å². The third-order valence-electron chi connectivity index (χ3n) is 2.37. The molecule has 20 heavy (non-hydrogen) atoms. The number of carbonyl (C=O) groups excluding carboxylic acids is 2. The van der Waals surface area contributed by atoms with Gasteiger partial charge in [0.15, 0.2) is 0 Å². The first-order valence-electron chi connectivity index (χ1n) is 5.55. The Balaban J connectivity index is 2.26. The summed E-state index contributed by atoms with van der Waals surface area (Å²) < 4.78 is 23.2. The third-order valence-corrected chi connectivity index (χ3v) is 4.73. The number of rotatable bonds is 3. The van der Waals surface area contributed by atoms with E-state index in [1.54, 1.807) is 6.92 Å². The summed E-state index contributed by atoms with van der Waals surface area (Å²) in [5.74, 6) is -1.07. The first-order chi connectivity index (χ1) is 9.38. The van der Waals surface area contributed by atoms with Gasteiger partial charge in [-0.25, -0.2) is 0 Å². The Morgan fingerprint density at radius 2 is 2.00 bits per heavy atom. The van der Waals surface area contributed by atoms with Crippen molar-refractivity contribution < 1.29 is 18.0 Å². The van der Waals surface area contributed by atoms with Crippen molar-refractivity contribution in [2.24, 2.45) is 10.2 Å². The van der Waals surface area contributed by atoms with Crippen LogP contribution in [0.3, 0.4) is 0 Å². The molecule has 0 bridgehead atoms. The van der Waals surface area contributed by atoms with Gasteiger partial charge >= 0.3 is 0 Å². The fourth-order valence-corrected chi connectivity index (χ4v) is 3.43. The van der Waals surface area contributed by atoms with Crippen molar-refractivity contribution in [2.75, 3.05) is 18.1 Å². The molecular formula is C10H12N4O4S2. The van der Waals surface area contributed by atoms with E-state index in [1.807, 2.05) is 0 Å². The van der Waals surface area contributed by atoms with Crippen LogP contribution in [-0.4, -0.2) is 53.5 Å². The van der Waals surface area contributed by atoms with Crippen molar-refractivity contribution in [2.45, 2.75) is 6.92 Å². The lowest BCUT2D eigenvalue weighted by Crippen LogP contribution is -2.32. The molecule has 2 atom stereocenters. The van der Waals surface area contributed by atoms with Crippen LogP contribution in [0.4, 0.5) is 0 Å². The maximum absolute atomic E-state index is 11.8. The lowest BCUT2D eigenvalue weighted by Gasteiger charge is -2.14. The summed E-state index contributed by atoms with van der Waals surface area (Å²) in [6.45, 7) is 5.61. The zero-order chi connectivity index (χ0) is 14.9. The molecule has 2 unspecified atom stereocenters. The summed E-state index contributed by atoms with van der Waals surface area (Å²) in [7, 11) is -3.16. The number of nitrogens with zero attached hydrogens (tertiary/aromatic N) is 3. The van der Waals surface area contributed by atoms with Gasteiger partial charge in [-0.2, -0.15) is 0 Å². The van der Waals surface area contributed by atoms with Crippen LogP contribution in [0.15, 0.2) is 22.4 Å². The fraction of sp³-hybridized carbons (Fsp3) is 0.400. The Morgan fingerprint density at radius 3 is 2.55 bits per heavy atom. The number of amides is 2. The number of amidine groups is 2. The smallest absolute Gasteiger partial charge is 0.242 e. The van der Waals surface area contributed by atoms with E-state index in [1.165, 1.54) is 4.90 Å². The highest BCUT2D eigenvalue weighted by atomic mass is 32.2. The second-order valence-electron chi connectivity index (χ2n) is 4.25. The molecule has 2 aliphatic rings. The maximum Gasteiger partial charge on any atom is 0.242 e. The highest BCUT2D eigenvalue weighted by molar-refractivity contribution is 8.02. The van der Waals surface area contributed by atoms with Crippen molar-refractivity contribution in [1.82, 2.24) is 10.2 Å². The Kier molecular flexibility index (Phi) is 4.23. The third kappa shape index (κ3) is 3.07. The number of nitrogens with one attached hydrogen (secondary N) is 1. The average molecular weight is 316 g/mol. The van der Waals surface area contributed by atoms with Crippen LogP contribution in [-0.2, 0) is 31.2 Å². The molecule has 2 amide bonds. The number of hydrogen-bond donors (Lipinski definition) is 1. The molecule has 2 saturated heterocycles. The molecule has 0 saturated carbocycles. The molecule has 2 heterocycles. The van der Waals surface area contributed by atoms with Crippen molar-refractivity contribution in [3.8, 4) is 0 Å². The Hall–Kier alpha value is -1.68. The van der Waals surface area contributed by atoms with Gasteiger partial charge < -0.3 is 5.32 Å². The van der Waals surface area contributed by atoms with Crippen molar-refractivity contribution in [3.63, 3.8) is 0 Å². The highest BCUT2D eigenvalue weighted by Gasteiger charge is 2.34. The maximum atomic E-state index is 11.8. The predicted molar refractivity (Wildman–Crippen MR) is 75.6 cm³/mol. The molecule has 8 nitrogen and oxygen atoms in total. The second kappa shape index (κ2) is 5.75. The van der Waals surface area contributed by atoms with E-state index in [2.05, 4.69) is 22.1 Å². The van der Waals surface area contributed by atoms with Crippen LogP contribution >= 0.6 is 0 Å².